The highest BCUT2D eigenvalue weighted by atomic mass is 35.5. The summed E-state index contributed by atoms with van der Waals surface area (Å²) < 4.78 is 5.20. The number of ether oxygens (including phenoxy) is 1. The Morgan fingerprint density at radius 1 is 1.11 bits per heavy atom. The summed E-state index contributed by atoms with van der Waals surface area (Å²) >= 11 is 6.12. The molecule has 0 bridgehead atoms. The SMILES string of the molecule is COc1cccc(CNCCc2ccccc2Cl)c1. The fourth-order valence-corrected chi connectivity index (χ4v) is 2.17. The number of rotatable bonds is 6. The quantitative estimate of drug-likeness (QED) is 0.812. The van der Waals surface area contributed by atoms with E-state index in [1.165, 1.54) is 11.1 Å². The average molecular weight is 276 g/mol. The van der Waals surface area contributed by atoms with Gasteiger partial charge in [-0.2, -0.15) is 0 Å². The zero-order valence-electron chi connectivity index (χ0n) is 11.0. The Kier molecular flexibility index (Phi) is 5.25. The van der Waals surface area contributed by atoms with Gasteiger partial charge in [-0.05, 0) is 42.3 Å². The maximum atomic E-state index is 6.12. The summed E-state index contributed by atoms with van der Waals surface area (Å²) in [6, 6.07) is 16.1. The van der Waals surface area contributed by atoms with Crippen molar-refractivity contribution in [3.05, 3.63) is 64.7 Å². The number of nitrogens with one attached hydrogen (secondary N) is 1. The minimum absolute atomic E-state index is 0.835. The second-order valence-electron chi connectivity index (χ2n) is 4.37. The first-order chi connectivity index (χ1) is 9.29. The predicted molar refractivity (Wildman–Crippen MR) is 79.9 cm³/mol. The summed E-state index contributed by atoms with van der Waals surface area (Å²) in [5.41, 5.74) is 2.40. The minimum atomic E-state index is 0.835. The second kappa shape index (κ2) is 7.17. The van der Waals surface area contributed by atoms with Gasteiger partial charge in [0.25, 0.3) is 0 Å². The molecule has 2 rings (SSSR count). The number of benzene rings is 2. The molecule has 0 spiro atoms. The van der Waals surface area contributed by atoms with Gasteiger partial charge in [-0.3, -0.25) is 0 Å². The highest BCUT2D eigenvalue weighted by molar-refractivity contribution is 6.31. The van der Waals surface area contributed by atoms with Gasteiger partial charge in [-0.25, -0.2) is 0 Å². The molecule has 100 valence electrons. The highest BCUT2D eigenvalue weighted by Gasteiger charge is 1.99. The Bertz CT molecular complexity index is 528. The van der Waals surface area contributed by atoms with Crippen LogP contribution >= 0.6 is 11.6 Å². The third kappa shape index (κ3) is 4.27. The van der Waals surface area contributed by atoms with E-state index in [4.69, 9.17) is 16.3 Å². The van der Waals surface area contributed by atoms with Crippen molar-refractivity contribution in [3.63, 3.8) is 0 Å². The molecular formula is C16H18ClNO. The summed E-state index contributed by atoms with van der Waals surface area (Å²) in [5.74, 6) is 0.894. The van der Waals surface area contributed by atoms with Crippen LogP contribution in [0.3, 0.4) is 0 Å². The first kappa shape index (κ1) is 13.9. The van der Waals surface area contributed by atoms with E-state index in [0.29, 0.717) is 0 Å². The molecule has 1 N–H and O–H groups in total. The van der Waals surface area contributed by atoms with E-state index in [1.807, 2.05) is 36.4 Å². The molecule has 0 aliphatic rings. The summed E-state index contributed by atoms with van der Waals surface area (Å²) in [5, 5.41) is 4.25. The van der Waals surface area contributed by atoms with Gasteiger partial charge in [0.15, 0.2) is 0 Å². The fourth-order valence-electron chi connectivity index (χ4n) is 1.94. The number of hydrogen-bond donors (Lipinski definition) is 1. The maximum Gasteiger partial charge on any atom is 0.119 e. The molecule has 0 saturated carbocycles. The van der Waals surface area contributed by atoms with Crippen molar-refractivity contribution in [2.24, 2.45) is 0 Å². The van der Waals surface area contributed by atoms with Crippen molar-refractivity contribution in [1.82, 2.24) is 5.32 Å². The molecule has 3 heteroatoms. The van der Waals surface area contributed by atoms with Crippen LogP contribution in [0.1, 0.15) is 11.1 Å². The zero-order chi connectivity index (χ0) is 13.5. The van der Waals surface area contributed by atoms with Gasteiger partial charge in [0.1, 0.15) is 5.75 Å². The Hall–Kier alpha value is -1.51. The molecule has 2 nitrogen and oxygen atoms in total. The van der Waals surface area contributed by atoms with Crippen LogP contribution in [-0.4, -0.2) is 13.7 Å². The molecule has 0 radical (unpaired) electrons. The van der Waals surface area contributed by atoms with E-state index in [-0.39, 0.29) is 0 Å². The van der Waals surface area contributed by atoms with Gasteiger partial charge in [0, 0.05) is 11.6 Å². The van der Waals surface area contributed by atoms with Crippen LogP contribution in [0.5, 0.6) is 5.75 Å². The van der Waals surface area contributed by atoms with Crippen LogP contribution in [0.25, 0.3) is 0 Å². The van der Waals surface area contributed by atoms with Crippen molar-refractivity contribution in [1.29, 1.82) is 0 Å². The molecule has 0 aliphatic carbocycles. The Balaban J connectivity index is 1.79. The van der Waals surface area contributed by atoms with Crippen LogP contribution < -0.4 is 10.1 Å². The van der Waals surface area contributed by atoms with Crippen LogP contribution in [-0.2, 0) is 13.0 Å². The van der Waals surface area contributed by atoms with Crippen molar-refractivity contribution in [2.45, 2.75) is 13.0 Å². The van der Waals surface area contributed by atoms with E-state index in [2.05, 4.69) is 17.4 Å². The van der Waals surface area contributed by atoms with Crippen LogP contribution in [0, 0.1) is 0 Å². The topological polar surface area (TPSA) is 21.3 Å². The molecule has 0 aromatic heterocycles. The van der Waals surface area contributed by atoms with Gasteiger partial charge >= 0.3 is 0 Å². The van der Waals surface area contributed by atoms with Crippen molar-refractivity contribution < 1.29 is 4.74 Å². The third-order valence-corrected chi connectivity index (χ3v) is 3.36. The Morgan fingerprint density at radius 3 is 2.74 bits per heavy atom. The molecule has 0 atom stereocenters. The maximum absolute atomic E-state index is 6.12. The Labute approximate surface area is 119 Å². The average Bonchev–Trinajstić information content (AvgIpc) is 2.45. The number of methoxy groups -OCH3 is 1. The summed E-state index contributed by atoms with van der Waals surface area (Å²) in [7, 11) is 1.68. The lowest BCUT2D eigenvalue weighted by Crippen LogP contribution is -2.16. The van der Waals surface area contributed by atoms with Crippen molar-refractivity contribution >= 4 is 11.6 Å². The molecule has 19 heavy (non-hydrogen) atoms. The first-order valence-corrected chi connectivity index (χ1v) is 6.74. The number of halogens is 1. The normalized spacial score (nSPS) is 10.4. The lowest BCUT2D eigenvalue weighted by Gasteiger charge is -2.07. The molecule has 0 saturated heterocycles. The standard InChI is InChI=1S/C16H18ClNO/c1-19-15-7-4-5-13(11-15)12-18-10-9-14-6-2-3-8-16(14)17/h2-8,11,18H,9-10,12H2,1H3. The molecule has 2 aromatic rings. The molecule has 2 aromatic carbocycles. The lowest BCUT2D eigenvalue weighted by molar-refractivity contribution is 0.414. The van der Waals surface area contributed by atoms with Crippen LogP contribution in [0.4, 0.5) is 0 Å². The van der Waals surface area contributed by atoms with Crippen LogP contribution in [0.2, 0.25) is 5.02 Å². The summed E-state index contributed by atoms with van der Waals surface area (Å²) in [6.07, 6.45) is 0.934. The van der Waals surface area contributed by atoms with Gasteiger partial charge in [-0.15, -0.1) is 0 Å². The van der Waals surface area contributed by atoms with E-state index in [1.54, 1.807) is 7.11 Å². The van der Waals surface area contributed by atoms with E-state index in [0.717, 1.165) is 30.3 Å². The second-order valence-corrected chi connectivity index (χ2v) is 4.78. The van der Waals surface area contributed by atoms with Crippen LogP contribution in [0.15, 0.2) is 48.5 Å². The molecule has 0 heterocycles. The van der Waals surface area contributed by atoms with Gasteiger partial charge < -0.3 is 10.1 Å². The van der Waals surface area contributed by atoms with Gasteiger partial charge in [0.05, 0.1) is 7.11 Å². The van der Waals surface area contributed by atoms with Gasteiger partial charge in [-0.1, -0.05) is 41.9 Å². The highest BCUT2D eigenvalue weighted by Crippen LogP contribution is 2.15. The smallest absolute Gasteiger partial charge is 0.119 e. The summed E-state index contributed by atoms with van der Waals surface area (Å²) in [6.45, 7) is 1.74. The van der Waals surface area contributed by atoms with E-state index < -0.39 is 0 Å². The third-order valence-electron chi connectivity index (χ3n) is 2.99. The van der Waals surface area contributed by atoms with Crippen molar-refractivity contribution in [2.75, 3.05) is 13.7 Å². The van der Waals surface area contributed by atoms with E-state index >= 15 is 0 Å². The molecule has 0 fully saturated rings. The van der Waals surface area contributed by atoms with E-state index in [9.17, 15) is 0 Å². The summed E-state index contributed by atoms with van der Waals surface area (Å²) in [4.78, 5) is 0. The largest absolute Gasteiger partial charge is 0.497 e. The van der Waals surface area contributed by atoms with Crippen molar-refractivity contribution in [3.8, 4) is 5.75 Å². The lowest BCUT2D eigenvalue weighted by atomic mass is 10.1. The minimum Gasteiger partial charge on any atom is -0.497 e. The fraction of sp³-hybridized carbons (Fsp3) is 0.250. The molecule has 0 unspecified atom stereocenters. The Morgan fingerprint density at radius 2 is 1.95 bits per heavy atom. The van der Waals surface area contributed by atoms with Gasteiger partial charge in [0.2, 0.25) is 0 Å². The zero-order valence-corrected chi connectivity index (χ0v) is 11.8. The molecular weight excluding hydrogens is 258 g/mol. The molecule has 0 aliphatic heterocycles. The first-order valence-electron chi connectivity index (χ1n) is 6.36. The number of hydrogen-bond acceptors (Lipinski definition) is 2. The monoisotopic (exact) mass is 275 g/mol. The predicted octanol–water partition coefficient (Wildman–Crippen LogP) is 3.68. The molecule has 0 amide bonds.